The summed E-state index contributed by atoms with van der Waals surface area (Å²) in [4.78, 5) is 21.4. The van der Waals surface area contributed by atoms with E-state index in [1.807, 2.05) is 0 Å². The number of hydrogen-bond acceptors (Lipinski definition) is 3. The molecule has 1 heterocycles. The first-order valence-corrected chi connectivity index (χ1v) is 4.79. The maximum atomic E-state index is 11.6. The molecule has 5 nitrogen and oxygen atoms in total. The number of alkyl halides is 3. The van der Waals surface area contributed by atoms with Crippen molar-refractivity contribution < 1.29 is 9.72 Å². The second-order valence-electron chi connectivity index (χ2n) is 2.74. The Kier molecular flexibility index (Phi) is 3.28. The van der Waals surface area contributed by atoms with Crippen molar-refractivity contribution >= 4 is 46.3 Å². The van der Waals surface area contributed by atoms with Crippen molar-refractivity contribution in [3.63, 3.8) is 0 Å². The fourth-order valence-corrected chi connectivity index (χ4v) is 1.34. The number of nitro groups is 1. The SMILES string of the molecule is Cn1ccc([N+](=O)[O-])c1C(=O)C(Cl)(Cl)Cl. The average molecular weight is 271 g/mol. The number of hydrogen-bond donors (Lipinski definition) is 0. The van der Waals surface area contributed by atoms with Gasteiger partial charge in [-0.1, -0.05) is 34.8 Å². The van der Waals surface area contributed by atoms with Crippen molar-refractivity contribution in [3.05, 3.63) is 28.1 Å². The van der Waals surface area contributed by atoms with Crippen LogP contribution in [0.5, 0.6) is 0 Å². The molecule has 0 N–H and O–H groups in total. The Hall–Kier alpha value is -0.780. The smallest absolute Gasteiger partial charge is 0.298 e. The number of carbonyl (C=O) groups is 1. The van der Waals surface area contributed by atoms with Crippen LogP contribution in [-0.2, 0) is 7.05 Å². The lowest BCUT2D eigenvalue weighted by molar-refractivity contribution is -0.385. The van der Waals surface area contributed by atoms with Crippen molar-refractivity contribution in [2.24, 2.45) is 7.05 Å². The Labute approximate surface area is 99.7 Å². The number of aryl methyl sites for hydroxylation is 1. The topological polar surface area (TPSA) is 65.1 Å². The van der Waals surface area contributed by atoms with E-state index >= 15 is 0 Å². The van der Waals surface area contributed by atoms with Crippen LogP contribution in [0.4, 0.5) is 5.69 Å². The zero-order chi connectivity index (χ0) is 11.8. The summed E-state index contributed by atoms with van der Waals surface area (Å²) in [5, 5.41) is 10.6. The molecule has 0 unspecified atom stereocenters. The standard InChI is InChI=1S/C7H5Cl3N2O3/c1-11-3-2-4(12(14)15)5(11)6(13)7(8,9)10/h2-3H,1H3. The molecular formula is C7H5Cl3N2O3. The summed E-state index contributed by atoms with van der Waals surface area (Å²) in [6.07, 6.45) is 1.35. The van der Waals surface area contributed by atoms with Crippen molar-refractivity contribution in [1.29, 1.82) is 0 Å². The molecule has 0 aliphatic rings. The molecule has 15 heavy (non-hydrogen) atoms. The van der Waals surface area contributed by atoms with E-state index in [4.69, 9.17) is 34.8 Å². The number of nitrogens with zero attached hydrogens (tertiary/aromatic N) is 2. The highest BCUT2D eigenvalue weighted by Gasteiger charge is 2.38. The van der Waals surface area contributed by atoms with Crippen LogP contribution in [0, 0.1) is 10.1 Å². The minimum Gasteiger partial charge on any atom is -0.342 e. The molecule has 0 bridgehead atoms. The van der Waals surface area contributed by atoms with Gasteiger partial charge in [-0.05, 0) is 0 Å². The van der Waals surface area contributed by atoms with Gasteiger partial charge >= 0.3 is 0 Å². The van der Waals surface area contributed by atoms with E-state index in [0.717, 1.165) is 0 Å². The monoisotopic (exact) mass is 270 g/mol. The summed E-state index contributed by atoms with van der Waals surface area (Å²) in [6.45, 7) is 0. The molecule has 0 radical (unpaired) electrons. The summed E-state index contributed by atoms with van der Waals surface area (Å²) >= 11 is 16.1. The number of halogens is 3. The van der Waals surface area contributed by atoms with E-state index < -0.39 is 14.5 Å². The molecule has 0 amide bonds. The van der Waals surface area contributed by atoms with Crippen LogP contribution in [0.15, 0.2) is 12.3 Å². The van der Waals surface area contributed by atoms with Crippen LogP contribution >= 0.6 is 34.8 Å². The number of ketones is 1. The van der Waals surface area contributed by atoms with Gasteiger partial charge in [0, 0.05) is 19.3 Å². The molecular weight excluding hydrogens is 266 g/mol. The Morgan fingerprint density at radius 1 is 1.53 bits per heavy atom. The molecule has 0 atom stereocenters. The third-order valence-electron chi connectivity index (χ3n) is 1.72. The van der Waals surface area contributed by atoms with Crippen LogP contribution in [0.25, 0.3) is 0 Å². The van der Waals surface area contributed by atoms with Crippen molar-refractivity contribution in [1.82, 2.24) is 4.57 Å². The largest absolute Gasteiger partial charge is 0.342 e. The highest BCUT2D eigenvalue weighted by Crippen LogP contribution is 2.33. The summed E-state index contributed by atoms with van der Waals surface area (Å²) in [5.41, 5.74) is -0.617. The minimum absolute atomic E-state index is 0.236. The summed E-state index contributed by atoms with van der Waals surface area (Å²) in [6, 6.07) is 1.17. The third kappa shape index (κ3) is 2.42. The number of rotatable bonds is 2. The van der Waals surface area contributed by atoms with Crippen molar-refractivity contribution in [3.8, 4) is 0 Å². The summed E-state index contributed by atoms with van der Waals surface area (Å²) < 4.78 is -0.959. The van der Waals surface area contributed by atoms with Crippen LogP contribution < -0.4 is 0 Å². The van der Waals surface area contributed by atoms with E-state index in [9.17, 15) is 14.9 Å². The highest BCUT2D eigenvalue weighted by molar-refractivity contribution is 6.77. The Morgan fingerprint density at radius 2 is 2.07 bits per heavy atom. The van der Waals surface area contributed by atoms with Gasteiger partial charge in [-0.25, -0.2) is 0 Å². The van der Waals surface area contributed by atoms with Gasteiger partial charge in [0.2, 0.25) is 5.78 Å². The second kappa shape index (κ2) is 4.00. The second-order valence-corrected chi connectivity index (χ2v) is 5.03. The van der Waals surface area contributed by atoms with Crippen molar-refractivity contribution in [2.45, 2.75) is 3.79 Å². The lowest BCUT2D eigenvalue weighted by Crippen LogP contribution is -2.22. The quantitative estimate of drug-likeness (QED) is 0.359. The maximum Gasteiger partial charge on any atom is 0.298 e. The molecule has 0 fully saturated rings. The van der Waals surface area contributed by atoms with Gasteiger partial charge in [0.15, 0.2) is 5.69 Å². The zero-order valence-corrected chi connectivity index (χ0v) is 9.68. The predicted molar refractivity (Wildman–Crippen MR) is 56.7 cm³/mol. The molecule has 0 aliphatic carbocycles. The van der Waals surface area contributed by atoms with Crippen molar-refractivity contribution in [2.75, 3.05) is 0 Å². The van der Waals surface area contributed by atoms with E-state index in [0.29, 0.717) is 0 Å². The van der Waals surface area contributed by atoms with E-state index in [2.05, 4.69) is 0 Å². The normalized spacial score (nSPS) is 11.5. The minimum atomic E-state index is -2.20. The molecule has 0 saturated carbocycles. The molecule has 1 aromatic heterocycles. The lowest BCUT2D eigenvalue weighted by atomic mass is 10.3. The number of Topliss-reactive ketones (excluding diaryl/α,β-unsaturated/α-hetero) is 1. The Balaban J connectivity index is 3.30. The first kappa shape index (κ1) is 12.3. The van der Waals surface area contributed by atoms with Crippen LogP contribution in [0.1, 0.15) is 10.5 Å². The predicted octanol–water partition coefficient (Wildman–Crippen LogP) is 2.49. The fourth-order valence-electron chi connectivity index (χ4n) is 1.07. The molecule has 0 saturated heterocycles. The third-order valence-corrected chi connectivity index (χ3v) is 2.24. The van der Waals surface area contributed by atoms with Gasteiger partial charge in [-0.3, -0.25) is 14.9 Å². The van der Waals surface area contributed by atoms with Gasteiger partial charge in [-0.2, -0.15) is 0 Å². The van der Waals surface area contributed by atoms with Gasteiger partial charge in [-0.15, -0.1) is 0 Å². The zero-order valence-electron chi connectivity index (χ0n) is 7.41. The van der Waals surface area contributed by atoms with Crippen LogP contribution in [0.3, 0.4) is 0 Å². The van der Waals surface area contributed by atoms with Gasteiger partial charge < -0.3 is 4.57 Å². The molecule has 82 valence electrons. The molecule has 0 aromatic carbocycles. The fraction of sp³-hybridized carbons (Fsp3) is 0.286. The van der Waals surface area contributed by atoms with Crippen LogP contribution in [0.2, 0.25) is 0 Å². The first-order valence-electron chi connectivity index (χ1n) is 3.66. The molecule has 1 rings (SSSR count). The molecule has 1 aromatic rings. The average Bonchev–Trinajstić information content (AvgIpc) is 2.44. The molecule has 8 heteroatoms. The van der Waals surface area contributed by atoms with Crippen LogP contribution in [-0.4, -0.2) is 19.1 Å². The van der Waals surface area contributed by atoms with Gasteiger partial charge in [0.25, 0.3) is 9.48 Å². The van der Waals surface area contributed by atoms with E-state index in [-0.39, 0.29) is 11.4 Å². The Morgan fingerprint density at radius 3 is 2.47 bits per heavy atom. The maximum absolute atomic E-state index is 11.6. The number of aromatic nitrogens is 1. The molecule has 0 spiro atoms. The summed E-state index contributed by atoms with van der Waals surface area (Å²) in [5.74, 6) is -0.924. The summed E-state index contributed by atoms with van der Waals surface area (Å²) in [7, 11) is 1.46. The van der Waals surface area contributed by atoms with E-state index in [1.165, 1.54) is 23.9 Å². The van der Waals surface area contributed by atoms with Gasteiger partial charge in [0.05, 0.1) is 4.92 Å². The number of carbonyl (C=O) groups excluding carboxylic acids is 1. The highest BCUT2D eigenvalue weighted by atomic mass is 35.6. The molecule has 0 aliphatic heterocycles. The van der Waals surface area contributed by atoms with E-state index in [1.54, 1.807) is 0 Å². The van der Waals surface area contributed by atoms with Gasteiger partial charge in [0.1, 0.15) is 0 Å². The first-order chi connectivity index (χ1) is 6.75. The Bertz CT molecular complexity index is 422. The lowest BCUT2D eigenvalue weighted by Gasteiger charge is -2.09.